The molecule has 1 heterocycles. The number of hydrogen-bond donors (Lipinski definition) is 0. The normalized spacial score (nSPS) is 10.5. The molecule has 0 aliphatic heterocycles. The van der Waals surface area contributed by atoms with Gasteiger partial charge in [0.2, 0.25) is 11.6 Å². The largest absolute Gasteiger partial charge is 0.493 e. The van der Waals surface area contributed by atoms with Crippen LogP contribution in [0.2, 0.25) is 5.02 Å². The van der Waals surface area contributed by atoms with E-state index in [1.807, 2.05) is 0 Å². The molecule has 29 heavy (non-hydrogen) atoms. The predicted octanol–water partition coefficient (Wildman–Crippen LogP) is 4.11. The van der Waals surface area contributed by atoms with Crippen molar-refractivity contribution in [2.24, 2.45) is 0 Å². The molecule has 8 nitrogen and oxygen atoms in total. The lowest BCUT2D eigenvalue weighted by Crippen LogP contribution is -2.10. The lowest BCUT2D eigenvalue weighted by atomic mass is 10.2. The van der Waals surface area contributed by atoms with Crippen molar-refractivity contribution in [1.82, 2.24) is 10.2 Å². The van der Waals surface area contributed by atoms with E-state index >= 15 is 0 Å². The summed E-state index contributed by atoms with van der Waals surface area (Å²) in [5.74, 6) is 1.57. The number of aromatic nitrogens is 2. The Kier molecular flexibility index (Phi) is 6.84. The SMILES string of the molecule is COc1cc(-c2nnc(SCC(=O)Oc3ccc(Cl)cc3)o2)cc(OC)c1OC. The number of halogens is 1. The molecule has 2 aromatic carbocycles. The smallest absolute Gasteiger partial charge is 0.321 e. The van der Waals surface area contributed by atoms with E-state index in [-0.39, 0.29) is 16.9 Å². The van der Waals surface area contributed by atoms with Gasteiger partial charge >= 0.3 is 5.97 Å². The van der Waals surface area contributed by atoms with Gasteiger partial charge in [-0.3, -0.25) is 4.79 Å². The molecule has 0 bridgehead atoms. The molecule has 0 atom stereocenters. The summed E-state index contributed by atoms with van der Waals surface area (Å²) in [6.45, 7) is 0. The quantitative estimate of drug-likeness (QED) is 0.293. The highest BCUT2D eigenvalue weighted by molar-refractivity contribution is 7.99. The number of benzene rings is 2. The van der Waals surface area contributed by atoms with Crippen LogP contribution in [-0.2, 0) is 4.79 Å². The van der Waals surface area contributed by atoms with E-state index in [4.69, 9.17) is 35.0 Å². The van der Waals surface area contributed by atoms with Crippen molar-refractivity contribution in [3.63, 3.8) is 0 Å². The first-order valence-corrected chi connectivity index (χ1v) is 9.63. The first-order valence-electron chi connectivity index (χ1n) is 8.27. The van der Waals surface area contributed by atoms with Crippen LogP contribution in [0, 0.1) is 0 Å². The zero-order valence-electron chi connectivity index (χ0n) is 15.8. The summed E-state index contributed by atoms with van der Waals surface area (Å²) in [5.41, 5.74) is 0.586. The van der Waals surface area contributed by atoms with Crippen molar-refractivity contribution in [3.05, 3.63) is 41.4 Å². The Labute approximate surface area is 176 Å². The number of esters is 1. The summed E-state index contributed by atoms with van der Waals surface area (Å²) in [4.78, 5) is 12.0. The summed E-state index contributed by atoms with van der Waals surface area (Å²) < 4.78 is 26.8. The third-order valence-electron chi connectivity index (χ3n) is 3.68. The highest BCUT2D eigenvalue weighted by Crippen LogP contribution is 2.41. The maximum atomic E-state index is 12.0. The molecule has 0 aliphatic carbocycles. The number of methoxy groups -OCH3 is 3. The van der Waals surface area contributed by atoms with Gasteiger partial charge in [0.1, 0.15) is 11.5 Å². The average Bonchev–Trinajstić information content (AvgIpc) is 3.22. The summed E-state index contributed by atoms with van der Waals surface area (Å²) in [6, 6.07) is 9.88. The molecule has 0 aliphatic rings. The molecule has 0 saturated heterocycles. The second kappa shape index (κ2) is 9.53. The minimum absolute atomic E-state index is 0.000482. The fraction of sp³-hybridized carbons (Fsp3) is 0.211. The van der Waals surface area contributed by atoms with E-state index < -0.39 is 5.97 Å². The van der Waals surface area contributed by atoms with Crippen LogP contribution < -0.4 is 18.9 Å². The van der Waals surface area contributed by atoms with E-state index in [0.29, 0.717) is 33.6 Å². The molecule has 0 radical (unpaired) electrons. The van der Waals surface area contributed by atoms with E-state index in [9.17, 15) is 4.79 Å². The zero-order chi connectivity index (χ0) is 20.8. The van der Waals surface area contributed by atoms with Crippen LogP contribution in [0.15, 0.2) is 46.0 Å². The molecule has 0 amide bonds. The Morgan fingerprint density at radius 2 is 1.69 bits per heavy atom. The molecule has 1 aromatic heterocycles. The minimum Gasteiger partial charge on any atom is -0.493 e. The fourth-order valence-electron chi connectivity index (χ4n) is 2.37. The molecule has 10 heteroatoms. The number of carbonyl (C=O) groups excluding carboxylic acids is 1. The van der Waals surface area contributed by atoms with Gasteiger partial charge in [0.15, 0.2) is 11.5 Å². The Balaban J connectivity index is 1.67. The Bertz CT molecular complexity index is 968. The average molecular weight is 437 g/mol. The van der Waals surface area contributed by atoms with Gasteiger partial charge in [-0.25, -0.2) is 0 Å². The van der Waals surface area contributed by atoms with Crippen LogP contribution in [-0.4, -0.2) is 43.2 Å². The standard InChI is InChI=1S/C19H17ClN2O6S/c1-24-14-8-11(9-15(25-2)17(14)26-3)18-21-22-19(28-18)29-10-16(23)27-13-6-4-12(20)5-7-13/h4-9H,10H2,1-3H3. The topological polar surface area (TPSA) is 92.9 Å². The highest BCUT2D eigenvalue weighted by Gasteiger charge is 2.18. The first kappa shape index (κ1) is 20.8. The van der Waals surface area contributed by atoms with Gasteiger partial charge in [0.05, 0.1) is 21.3 Å². The molecule has 0 N–H and O–H groups in total. The van der Waals surface area contributed by atoms with Crippen molar-refractivity contribution >= 4 is 29.3 Å². The monoisotopic (exact) mass is 436 g/mol. The molecular weight excluding hydrogens is 420 g/mol. The molecule has 3 aromatic rings. The van der Waals surface area contributed by atoms with Crippen LogP contribution in [0.1, 0.15) is 0 Å². The first-order chi connectivity index (χ1) is 14.0. The molecule has 0 fully saturated rings. The minimum atomic E-state index is -0.454. The van der Waals surface area contributed by atoms with Crippen molar-refractivity contribution in [2.75, 3.05) is 27.1 Å². The molecule has 0 saturated carbocycles. The number of ether oxygens (including phenoxy) is 4. The van der Waals surface area contributed by atoms with Gasteiger partial charge in [0.25, 0.3) is 5.22 Å². The maximum absolute atomic E-state index is 12.0. The van der Waals surface area contributed by atoms with Crippen LogP contribution in [0.5, 0.6) is 23.0 Å². The van der Waals surface area contributed by atoms with Crippen molar-refractivity contribution < 1.29 is 28.2 Å². The summed E-state index contributed by atoms with van der Waals surface area (Å²) in [7, 11) is 4.55. The van der Waals surface area contributed by atoms with Crippen LogP contribution in [0.25, 0.3) is 11.5 Å². The van der Waals surface area contributed by atoms with E-state index in [1.54, 1.807) is 36.4 Å². The van der Waals surface area contributed by atoms with E-state index in [1.165, 1.54) is 21.3 Å². The second-order valence-electron chi connectivity index (χ2n) is 5.50. The maximum Gasteiger partial charge on any atom is 0.321 e. The summed E-state index contributed by atoms with van der Waals surface area (Å²) in [6.07, 6.45) is 0. The van der Waals surface area contributed by atoms with Gasteiger partial charge in [-0.2, -0.15) is 0 Å². The number of carbonyl (C=O) groups is 1. The summed E-state index contributed by atoms with van der Waals surface area (Å²) >= 11 is 6.87. The van der Waals surface area contributed by atoms with Crippen LogP contribution in [0.3, 0.4) is 0 Å². The number of thioether (sulfide) groups is 1. The fourth-order valence-corrected chi connectivity index (χ4v) is 3.04. The van der Waals surface area contributed by atoms with Gasteiger partial charge in [-0.05, 0) is 36.4 Å². The Hall–Kier alpha value is -2.91. The lowest BCUT2D eigenvalue weighted by Gasteiger charge is -2.12. The third-order valence-corrected chi connectivity index (χ3v) is 4.72. The van der Waals surface area contributed by atoms with Crippen LogP contribution >= 0.6 is 23.4 Å². The third kappa shape index (κ3) is 5.12. The molecular formula is C19H17ClN2O6S. The van der Waals surface area contributed by atoms with E-state index in [2.05, 4.69) is 10.2 Å². The summed E-state index contributed by atoms with van der Waals surface area (Å²) in [5, 5.41) is 8.74. The van der Waals surface area contributed by atoms with Crippen molar-refractivity contribution in [1.29, 1.82) is 0 Å². The Morgan fingerprint density at radius 1 is 1.03 bits per heavy atom. The molecule has 0 unspecified atom stereocenters. The van der Waals surface area contributed by atoms with Crippen molar-refractivity contribution in [3.8, 4) is 34.5 Å². The van der Waals surface area contributed by atoms with E-state index in [0.717, 1.165) is 11.8 Å². The molecule has 3 rings (SSSR count). The Morgan fingerprint density at radius 3 is 2.28 bits per heavy atom. The van der Waals surface area contributed by atoms with Gasteiger partial charge in [0, 0.05) is 10.6 Å². The second-order valence-corrected chi connectivity index (χ2v) is 6.87. The molecule has 152 valence electrons. The predicted molar refractivity (Wildman–Crippen MR) is 107 cm³/mol. The number of rotatable bonds is 8. The number of nitrogens with zero attached hydrogens (tertiary/aromatic N) is 2. The van der Waals surface area contributed by atoms with Gasteiger partial charge < -0.3 is 23.4 Å². The zero-order valence-corrected chi connectivity index (χ0v) is 17.4. The lowest BCUT2D eigenvalue weighted by molar-refractivity contribution is -0.131. The van der Waals surface area contributed by atoms with Crippen LogP contribution in [0.4, 0.5) is 0 Å². The highest BCUT2D eigenvalue weighted by atomic mass is 35.5. The van der Waals surface area contributed by atoms with Gasteiger partial charge in [-0.15, -0.1) is 10.2 Å². The molecule has 0 spiro atoms. The number of hydrogen-bond acceptors (Lipinski definition) is 9. The van der Waals surface area contributed by atoms with Gasteiger partial charge in [-0.1, -0.05) is 23.4 Å². The van der Waals surface area contributed by atoms with Crippen molar-refractivity contribution in [2.45, 2.75) is 5.22 Å².